The maximum atomic E-state index is 12.8. The van der Waals surface area contributed by atoms with Gasteiger partial charge in [0.1, 0.15) is 17.5 Å². The number of fused-ring (bicyclic) bond motifs is 1. The Kier molecular flexibility index (Phi) is 3.99. The van der Waals surface area contributed by atoms with Crippen molar-refractivity contribution in [1.29, 1.82) is 5.26 Å². The Morgan fingerprint density at radius 3 is 2.87 bits per heavy atom. The maximum Gasteiger partial charge on any atom is 0.262 e. The summed E-state index contributed by atoms with van der Waals surface area (Å²) < 4.78 is 30.1. The molecule has 1 aliphatic rings. The molecule has 5 heterocycles. The van der Waals surface area contributed by atoms with Crippen LogP contribution in [0.15, 0.2) is 48.3 Å². The minimum atomic E-state index is -3.72. The molecule has 0 atom stereocenters. The van der Waals surface area contributed by atoms with Gasteiger partial charge in [-0.3, -0.25) is 9.36 Å². The van der Waals surface area contributed by atoms with Crippen molar-refractivity contribution >= 4 is 21.1 Å². The van der Waals surface area contributed by atoms with E-state index in [0.717, 1.165) is 22.3 Å². The Morgan fingerprint density at radius 2 is 2.13 bits per heavy atom. The molecule has 0 aromatic carbocycles. The molecule has 0 bridgehead atoms. The van der Waals surface area contributed by atoms with Gasteiger partial charge >= 0.3 is 0 Å². The van der Waals surface area contributed by atoms with E-state index in [4.69, 9.17) is 0 Å². The first-order chi connectivity index (χ1) is 14.4. The highest BCUT2D eigenvalue weighted by Gasteiger charge is 2.51. The smallest absolute Gasteiger partial charge is 0.262 e. The molecule has 152 valence electrons. The van der Waals surface area contributed by atoms with Gasteiger partial charge in [-0.15, -0.1) is 0 Å². The number of nitrogens with zero attached hydrogens (tertiary/aromatic N) is 8. The second-order valence-electron chi connectivity index (χ2n) is 7.30. The van der Waals surface area contributed by atoms with E-state index in [1.807, 2.05) is 6.07 Å². The van der Waals surface area contributed by atoms with Gasteiger partial charge in [0, 0.05) is 49.7 Å². The molecule has 4 aromatic rings. The van der Waals surface area contributed by atoms with E-state index in [1.165, 1.54) is 21.4 Å². The second kappa shape index (κ2) is 6.48. The molecule has 4 aromatic heterocycles. The van der Waals surface area contributed by atoms with Crippen molar-refractivity contribution in [3.63, 3.8) is 0 Å². The van der Waals surface area contributed by atoms with Gasteiger partial charge in [-0.25, -0.2) is 18.4 Å². The summed E-state index contributed by atoms with van der Waals surface area (Å²) in [5.41, 5.74) is 1.47. The van der Waals surface area contributed by atoms with E-state index >= 15 is 0 Å². The third-order valence-electron chi connectivity index (χ3n) is 5.34. The average Bonchev–Trinajstić information content (AvgIpc) is 3.43. The first-order valence-corrected chi connectivity index (χ1v) is 10.6. The van der Waals surface area contributed by atoms with Gasteiger partial charge in [0.2, 0.25) is 0 Å². The molecule has 0 radical (unpaired) electrons. The van der Waals surface area contributed by atoms with Crippen LogP contribution >= 0.6 is 0 Å². The van der Waals surface area contributed by atoms with Crippen molar-refractivity contribution in [3.8, 4) is 17.3 Å². The Balaban J connectivity index is 1.46. The average molecular weight is 423 g/mol. The van der Waals surface area contributed by atoms with E-state index in [1.54, 1.807) is 36.5 Å². The summed E-state index contributed by atoms with van der Waals surface area (Å²) in [6.07, 6.45) is 8.45. The molecule has 0 unspecified atom stereocenters. The lowest BCUT2D eigenvalue weighted by atomic mass is 9.89. The molecular weight excluding hydrogens is 406 g/mol. The number of nitriles is 1. The van der Waals surface area contributed by atoms with Crippen molar-refractivity contribution in [3.05, 3.63) is 43.2 Å². The molecule has 0 amide bonds. The minimum absolute atomic E-state index is 0.00690. The predicted molar refractivity (Wildman–Crippen MR) is 105 cm³/mol. The zero-order valence-electron chi connectivity index (χ0n) is 16.0. The van der Waals surface area contributed by atoms with Crippen molar-refractivity contribution in [1.82, 2.24) is 38.8 Å². The van der Waals surface area contributed by atoms with Gasteiger partial charge in [0.15, 0.2) is 5.03 Å². The number of hydrogen-bond acceptors (Lipinski definition) is 7. The SMILES string of the molecule is Cn1ccc(S(=O)(=O)N2CC(CC#N)(n3cc(-c4ncnc5[nH]ccc45)cn3)C2)n1. The summed E-state index contributed by atoms with van der Waals surface area (Å²) in [6, 6.07) is 5.51. The number of H-pyrrole nitrogens is 1. The van der Waals surface area contributed by atoms with Crippen LogP contribution in [0.25, 0.3) is 22.3 Å². The maximum absolute atomic E-state index is 12.8. The minimum Gasteiger partial charge on any atom is -0.346 e. The normalized spacial score (nSPS) is 16.4. The van der Waals surface area contributed by atoms with Gasteiger partial charge in [0.25, 0.3) is 10.0 Å². The molecule has 0 spiro atoms. The molecule has 12 heteroatoms. The lowest BCUT2D eigenvalue weighted by molar-refractivity contribution is 0.0715. The van der Waals surface area contributed by atoms with Gasteiger partial charge in [0.05, 0.1) is 24.4 Å². The first kappa shape index (κ1) is 18.5. The molecule has 0 aliphatic carbocycles. The van der Waals surface area contributed by atoms with Crippen molar-refractivity contribution in [2.75, 3.05) is 13.1 Å². The van der Waals surface area contributed by atoms with Gasteiger partial charge in [-0.2, -0.15) is 19.8 Å². The predicted octanol–water partition coefficient (Wildman–Crippen LogP) is 0.868. The summed E-state index contributed by atoms with van der Waals surface area (Å²) in [4.78, 5) is 11.6. The van der Waals surface area contributed by atoms with E-state index in [0.29, 0.717) is 0 Å². The van der Waals surface area contributed by atoms with E-state index in [-0.39, 0.29) is 24.5 Å². The molecule has 1 fully saturated rings. The molecule has 1 N–H and O–H groups in total. The largest absolute Gasteiger partial charge is 0.346 e. The highest BCUT2D eigenvalue weighted by Crippen LogP contribution is 2.37. The lowest BCUT2D eigenvalue weighted by Crippen LogP contribution is -2.64. The number of hydrogen-bond donors (Lipinski definition) is 1. The zero-order valence-corrected chi connectivity index (χ0v) is 16.8. The van der Waals surface area contributed by atoms with Crippen LogP contribution in [0.3, 0.4) is 0 Å². The van der Waals surface area contributed by atoms with E-state index < -0.39 is 15.6 Å². The van der Waals surface area contributed by atoms with Crippen LogP contribution in [0.2, 0.25) is 0 Å². The Hall–Kier alpha value is -3.56. The third kappa shape index (κ3) is 2.71. The summed E-state index contributed by atoms with van der Waals surface area (Å²) in [5, 5.41) is 18.7. The monoisotopic (exact) mass is 423 g/mol. The highest BCUT2D eigenvalue weighted by atomic mass is 32.2. The zero-order chi connectivity index (χ0) is 20.9. The lowest BCUT2D eigenvalue weighted by Gasteiger charge is -2.47. The number of rotatable bonds is 5. The van der Waals surface area contributed by atoms with Crippen LogP contribution in [-0.2, 0) is 22.6 Å². The third-order valence-corrected chi connectivity index (χ3v) is 7.02. The van der Waals surface area contributed by atoms with Crippen molar-refractivity contribution in [2.45, 2.75) is 17.0 Å². The Bertz CT molecular complexity index is 1390. The molecule has 1 aliphatic heterocycles. The molecule has 1 saturated heterocycles. The fourth-order valence-electron chi connectivity index (χ4n) is 3.74. The standard InChI is InChI=1S/C18H17N9O2S/c1-25-7-3-15(24-25)30(28,29)26-10-18(11-26,4-5-19)27-9-13(8-23-27)16-14-2-6-20-17(14)22-12-21-16/h2-3,6-9,12H,4,10-11H2,1H3,(H,20,21,22). The highest BCUT2D eigenvalue weighted by molar-refractivity contribution is 7.89. The molecule has 30 heavy (non-hydrogen) atoms. The quantitative estimate of drug-likeness (QED) is 0.502. The van der Waals surface area contributed by atoms with Crippen LogP contribution in [0.4, 0.5) is 0 Å². The number of aromatic nitrogens is 7. The van der Waals surface area contributed by atoms with Crippen LogP contribution in [0.1, 0.15) is 6.42 Å². The fraction of sp³-hybridized carbons (Fsp3) is 0.278. The van der Waals surface area contributed by atoms with E-state index in [9.17, 15) is 13.7 Å². The molecule has 5 rings (SSSR count). The van der Waals surface area contributed by atoms with E-state index in [2.05, 4.69) is 31.2 Å². The van der Waals surface area contributed by atoms with Crippen molar-refractivity contribution in [2.24, 2.45) is 7.05 Å². The van der Waals surface area contributed by atoms with Crippen molar-refractivity contribution < 1.29 is 8.42 Å². The number of sulfonamides is 1. The molecular formula is C18H17N9O2S. The summed E-state index contributed by atoms with van der Waals surface area (Å²) >= 11 is 0. The number of aryl methyl sites for hydroxylation is 1. The number of nitrogens with one attached hydrogen (secondary N) is 1. The van der Waals surface area contributed by atoms with Crippen LogP contribution in [0, 0.1) is 11.3 Å². The van der Waals surface area contributed by atoms with Gasteiger partial charge < -0.3 is 4.98 Å². The van der Waals surface area contributed by atoms with Crippen LogP contribution in [-0.4, -0.2) is 60.3 Å². The number of aromatic amines is 1. The van der Waals surface area contributed by atoms with Crippen LogP contribution in [0.5, 0.6) is 0 Å². The van der Waals surface area contributed by atoms with Gasteiger partial charge in [-0.05, 0) is 12.1 Å². The Morgan fingerprint density at radius 1 is 1.30 bits per heavy atom. The topological polar surface area (TPSA) is 138 Å². The summed E-state index contributed by atoms with van der Waals surface area (Å²) in [5.74, 6) is 0. The Labute approximate surface area is 171 Å². The molecule has 11 nitrogen and oxygen atoms in total. The van der Waals surface area contributed by atoms with Crippen LogP contribution < -0.4 is 0 Å². The first-order valence-electron chi connectivity index (χ1n) is 9.13. The summed E-state index contributed by atoms with van der Waals surface area (Å²) in [6.45, 7) is 0.286. The fourth-order valence-corrected chi connectivity index (χ4v) is 5.29. The summed E-state index contributed by atoms with van der Waals surface area (Å²) in [7, 11) is -2.06. The molecule has 0 saturated carbocycles. The second-order valence-corrected chi connectivity index (χ2v) is 9.18. The van der Waals surface area contributed by atoms with Gasteiger partial charge in [-0.1, -0.05) is 0 Å².